The van der Waals surface area contributed by atoms with E-state index in [2.05, 4.69) is 20.5 Å². The maximum absolute atomic E-state index is 12.8. The summed E-state index contributed by atoms with van der Waals surface area (Å²) in [6, 6.07) is 15.8. The first-order valence-electron chi connectivity index (χ1n) is 8.91. The summed E-state index contributed by atoms with van der Waals surface area (Å²) < 4.78 is 0. The highest BCUT2D eigenvalue weighted by Crippen LogP contribution is 2.18. The second kappa shape index (κ2) is 7.07. The number of carbonyl (C=O) groups is 1. The molecule has 0 saturated carbocycles. The van der Waals surface area contributed by atoms with Crippen molar-refractivity contribution in [3.8, 4) is 0 Å². The predicted molar refractivity (Wildman–Crippen MR) is 101 cm³/mol. The molecule has 1 saturated heterocycles. The standard InChI is InChI=1S/C20H21N5O/c1-14-6-9-19(24-23-14)21-16-10-12-25(13-11-16)20(26)18-8-7-15-4-2-3-5-17(15)22-18/h2-9,16H,10-13H2,1H3,(H,21,24). The number of hydrogen-bond acceptors (Lipinski definition) is 5. The summed E-state index contributed by atoms with van der Waals surface area (Å²) in [6.45, 7) is 3.34. The number of hydrogen-bond donors (Lipinski definition) is 1. The molecule has 0 bridgehead atoms. The van der Waals surface area contributed by atoms with Crippen molar-refractivity contribution in [1.82, 2.24) is 20.1 Å². The van der Waals surface area contributed by atoms with Gasteiger partial charge in [-0.15, -0.1) is 5.10 Å². The van der Waals surface area contributed by atoms with Crippen molar-refractivity contribution in [1.29, 1.82) is 0 Å². The van der Waals surface area contributed by atoms with E-state index in [-0.39, 0.29) is 5.91 Å². The number of likely N-dealkylation sites (tertiary alicyclic amines) is 1. The van der Waals surface area contributed by atoms with Gasteiger partial charge in [0.05, 0.1) is 11.2 Å². The average Bonchev–Trinajstić information content (AvgIpc) is 2.69. The minimum atomic E-state index is 0.00401. The van der Waals surface area contributed by atoms with Crippen LogP contribution >= 0.6 is 0 Å². The van der Waals surface area contributed by atoms with Gasteiger partial charge >= 0.3 is 0 Å². The van der Waals surface area contributed by atoms with Crippen LogP contribution in [0.2, 0.25) is 0 Å². The summed E-state index contributed by atoms with van der Waals surface area (Å²) in [5, 5.41) is 12.7. The molecular formula is C20H21N5O. The second-order valence-corrected chi connectivity index (χ2v) is 6.66. The highest BCUT2D eigenvalue weighted by atomic mass is 16.2. The van der Waals surface area contributed by atoms with Gasteiger partial charge in [-0.3, -0.25) is 4.79 Å². The Balaban J connectivity index is 1.38. The molecule has 4 rings (SSSR count). The molecule has 1 amide bonds. The number of fused-ring (bicyclic) bond motifs is 1. The number of benzene rings is 1. The molecular weight excluding hydrogens is 326 g/mol. The number of para-hydroxylation sites is 1. The number of nitrogens with one attached hydrogen (secondary N) is 1. The Hall–Kier alpha value is -3.02. The van der Waals surface area contributed by atoms with Crippen molar-refractivity contribution in [3.05, 3.63) is 59.9 Å². The van der Waals surface area contributed by atoms with Crippen molar-refractivity contribution in [2.75, 3.05) is 18.4 Å². The number of aromatic nitrogens is 3. The third-order valence-corrected chi connectivity index (χ3v) is 4.75. The van der Waals surface area contributed by atoms with Crippen LogP contribution in [0.1, 0.15) is 29.0 Å². The van der Waals surface area contributed by atoms with E-state index in [0.29, 0.717) is 24.8 Å². The van der Waals surface area contributed by atoms with Crippen LogP contribution in [0.25, 0.3) is 10.9 Å². The molecule has 2 aromatic heterocycles. The monoisotopic (exact) mass is 347 g/mol. The van der Waals surface area contributed by atoms with Crippen LogP contribution in [0.3, 0.4) is 0 Å². The van der Waals surface area contributed by atoms with Gasteiger partial charge in [0.1, 0.15) is 11.5 Å². The van der Waals surface area contributed by atoms with Crippen molar-refractivity contribution >= 4 is 22.6 Å². The fourth-order valence-electron chi connectivity index (χ4n) is 3.26. The topological polar surface area (TPSA) is 71.0 Å². The van der Waals surface area contributed by atoms with E-state index < -0.39 is 0 Å². The maximum atomic E-state index is 12.8. The molecule has 0 unspecified atom stereocenters. The summed E-state index contributed by atoms with van der Waals surface area (Å²) in [6.07, 6.45) is 1.77. The molecule has 1 N–H and O–H groups in total. The van der Waals surface area contributed by atoms with Gasteiger partial charge in [-0.25, -0.2) is 4.98 Å². The van der Waals surface area contributed by atoms with Gasteiger partial charge in [-0.05, 0) is 44.0 Å². The Kier molecular flexibility index (Phi) is 4.48. The van der Waals surface area contributed by atoms with Crippen molar-refractivity contribution in [2.24, 2.45) is 0 Å². The van der Waals surface area contributed by atoms with E-state index in [9.17, 15) is 4.79 Å². The summed E-state index contributed by atoms with van der Waals surface area (Å²) in [4.78, 5) is 19.2. The lowest BCUT2D eigenvalue weighted by Crippen LogP contribution is -2.42. The Morgan fingerprint density at radius 1 is 1.04 bits per heavy atom. The number of rotatable bonds is 3. The number of pyridine rings is 1. The normalized spacial score (nSPS) is 15.2. The molecule has 6 heteroatoms. The first-order chi connectivity index (χ1) is 12.7. The maximum Gasteiger partial charge on any atom is 0.272 e. The highest BCUT2D eigenvalue weighted by molar-refractivity contribution is 5.95. The van der Waals surface area contributed by atoms with Gasteiger partial charge in [0.25, 0.3) is 5.91 Å². The minimum absolute atomic E-state index is 0.00401. The van der Waals surface area contributed by atoms with E-state index in [1.807, 2.05) is 60.4 Å². The van der Waals surface area contributed by atoms with E-state index in [1.165, 1.54) is 0 Å². The van der Waals surface area contributed by atoms with Gasteiger partial charge in [0, 0.05) is 24.5 Å². The lowest BCUT2D eigenvalue weighted by atomic mass is 10.0. The second-order valence-electron chi connectivity index (χ2n) is 6.66. The number of carbonyl (C=O) groups excluding carboxylic acids is 1. The zero-order valence-corrected chi connectivity index (χ0v) is 14.7. The molecule has 0 aliphatic carbocycles. The molecule has 1 aromatic carbocycles. The third-order valence-electron chi connectivity index (χ3n) is 4.75. The van der Waals surface area contributed by atoms with Gasteiger partial charge in [0.15, 0.2) is 0 Å². The molecule has 26 heavy (non-hydrogen) atoms. The molecule has 0 spiro atoms. The van der Waals surface area contributed by atoms with Crippen molar-refractivity contribution < 1.29 is 4.79 Å². The van der Waals surface area contributed by atoms with Crippen LogP contribution in [0.5, 0.6) is 0 Å². The number of amides is 1. The Bertz CT molecular complexity index is 917. The average molecular weight is 347 g/mol. The largest absolute Gasteiger partial charge is 0.366 e. The van der Waals surface area contributed by atoms with Crippen LogP contribution in [0.4, 0.5) is 5.82 Å². The number of nitrogens with zero attached hydrogens (tertiary/aromatic N) is 4. The van der Waals surface area contributed by atoms with Gasteiger partial charge < -0.3 is 10.2 Å². The van der Waals surface area contributed by atoms with Crippen LogP contribution in [-0.2, 0) is 0 Å². The molecule has 0 radical (unpaired) electrons. The molecule has 1 fully saturated rings. The quantitative estimate of drug-likeness (QED) is 0.788. The number of piperidine rings is 1. The Morgan fingerprint density at radius 2 is 1.85 bits per heavy atom. The molecule has 0 atom stereocenters. The van der Waals surface area contributed by atoms with E-state index in [4.69, 9.17) is 0 Å². The van der Waals surface area contributed by atoms with E-state index in [1.54, 1.807) is 0 Å². The minimum Gasteiger partial charge on any atom is -0.366 e. The van der Waals surface area contributed by atoms with E-state index >= 15 is 0 Å². The van der Waals surface area contributed by atoms with Gasteiger partial charge in [-0.2, -0.15) is 5.10 Å². The smallest absolute Gasteiger partial charge is 0.272 e. The van der Waals surface area contributed by atoms with Crippen LogP contribution in [0.15, 0.2) is 48.5 Å². The summed E-state index contributed by atoms with van der Waals surface area (Å²) in [5.74, 6) is 0.793. The summed E-state index contributed by atoms with van der Waals surface area (Å²) >= 11 is 0. The molecule has 132 valence electrons. The first kappa shape index (κ1) is 16.4. The van der Waals surface area contributed by atoms with Crippen LogP contribution in [0, 0.1) is 6.92 Å². The lowest BCUT2D eigenvalue weighted by Gasteiger charge is -2.32. The third kappa shape index (κ3) is 3.49. The van der Waals surface area contributed by atoms with Gasteiger partial charge in [0.2, 0.25) is 0 Å². The van der Waals surface area contributed by atoms with Gasteiger partial charge in [-0.1, -0.05) is 24.3 Å². The summed E-state index contributed by atoms with van der Waals surface area (Å²) in [5.41, 5.74) is 2.27. The molecule has 6 nitrogen and oxygen atoms in total. The molecule has 1 aliphatic rings. The first-order valence-corrected chi connectivity index (χ1v) is 8.91. The van der Waals surface area contributed by atoms with Crippen molar-refractivity contribution in [3.63, 3.8) is 0 Å². The van der Waals surface area contributed by atoms with Crippen LogP contribution in [-0.4, -0.2) is 45.1 Å². The highest BCUT2D eigenvalue weighted by Gasteiger charge is 2.24. The Labute approximate surface area is 152 Å². The molecule has 1 aliphatic heterocycles. The predicted octanol–water partition coefficient (Wildman–Crippen LogP) is 3.05. The van der Waals surface area contributed by atoms with E-state index in [0.717, 1.165) is 35.3 Å². The van der Waals surface area contributed by atoms with Crippen molar-refractivity contribution in [2.45, 2.75) is 25.8 Å². The summed E-state index contributed by atoms with van der Waals surface area (Å²) in [7, 11) is 0. The number of anilines is 1. The zero-order valence-electron chi connectivity index (χ0n) is 14.7. The molecule has 3 aromatic rings. The molecule has 3 heterocycles. The van der Waals surface area contributed by atoms with Crippen LogP contribution < -0.4 is 5.32 Å². The Morgan fingerprint density at radius 3 is 2.62 bits per heavy atom. The fraction of sp³-hybridized carbons (Fsp3) is 0.300. The lowest BCUT2D eigenvalue weighted by molar-refractivity contribution is 0.0713. The number of aryl methyl sites for hydroxylation is 1. The SMILES string of the molecule is Cc1ccc(NC2CCN(C(=O)c3ccc4ccccc4n3)CC2)nn1. The zero-order chi connectivity index (χ0) is 17.9. The fourth-order valence-corrected chi connectivity index (χ4v) is 3.26.